The van der Waals surface area contributed by atoms with E-state index in [0.717, 1.165) is 42.9 Å². The second-order valence-electron chi connectivity index (χ2n) is 5.18. The van der Waals surface area contributed by atoms with Crippen LogP contribution in [0.2, 0.25) is 0 Å². The summed E-state index contributed by atoms with van der Waals surface area (Å²) in [6.45, 7) is 2.92. The van der Waals surface area contributed by atoms with Crippen molar-refractivity contribution in [3.63, 3.8) is 0 Å². The van der Waals surface area contributed by atoms with E-state index in [0.29, 0.717) is 5.56 Å². The molecule has 0 atom stereocenters. The quantitative estimate of drug-likeness (QED) is 0.791. The van der Waals surface area contributed by atoms with E-state index in [1.54, 1.807) is 0 Å². The predicted octanol–water partition coefficient (Wildman–Crippen LogP) is 2.22. The van der Waals surface area contributed by atoms with Crippen molar-refractivity contribution >= 4 is 11.0 Å². The molecule has 0 radical (unpaired) electrons. The molecular weight excluding hydrogens is 248 g/mol. The number of nitrogens with zero attached hydrogens (tertiary/aromatic N) is 4. The van der Waals surface area contributed by atoms with Gasteiger partial charge in [0, 0.05) is 31.8 Å². The van der Waals surface area contributed by atoms with Crippen molar-refractivity contribution in [3.05, 3.63) is 53.5 Å². The van der Waals surface area contributed by atoms with E-state index in [2.05, 4.69) is 33.8 Å². The Balaban J connectivity index is 1.72. The maximum atomic E-state index is 9.05. The summed E-state index contributed by atoms with van der Waals surface area (Å²) >= 11 is 0. The van der Waals surface area contributed by atoms with Crippen LogP contribution in [-0.2, 0) is 13.0 Å². The molecule has 0 saturated heterocycles. The standard InChI is InChI=1S/C16H14N4/c17-11-12-4-5-14-15(10-12)20-9-8-19(13-2-1-3-13)7-6-16(20)18-14/h1-5,10H,6-9H2. The molecule has 2 heterocycles. The van der Waals surface area contributed by atoms with Crippen LogP contribution >= 0.6 is 0 Å². The second-order valence-corrected chi connectivity index (χ2v) is 5.18. The lowest BCUT2D eigenvalue weighted by Gasteiger charge is -2.25. The molecule has 98 valence electrons. The van der Waals surface area contributed by atoms with Gasteiger partial charge in [-0.3, -0.25) is 0 Å². The Kier molecular flexibility index (Phi) is 2.40. The van der Waals surface area contributed by atoms with Crippen molar-refractivity contribution in [2.75, 3.05) is 13.1 Å². The fourth-order valence-corrected chi connectivity index (χ4v) is 2.90. The third-order valence-electron chi connectivity index (χ3n) is 4.05. The summed E-state index contributed by atoms with van der Waals surface area (Å²) in [4.78, 5) is 7.11. The highest BCUT2D eigenvalue weighted by Crippen LogP contribution is 2.23. The SMILES string of the molecule is N#Cc1ccc2nc3n(c2c1)CCN(C1=CC=C1)CC3. The molecule has 4 heteroatoms. The van der Waals surface area contributed by atoms with Crippen LogP contribution in [0.25, 0.3) is 11.0 Å². The first-order chi connectivity index (χ1) is 9.85. The molecule has 1 aliphatic carbocycles. The van der Waals surface area contributed by atoms with Crippen molar-refractivity contribution in [3.8, 4) is 6.07 Å². The number of hydrogen-bond acceptors (Lipinski definition) is 3. The first kappa shape index (κ1) is 11.3. The Hall–Kier alpha value is -2.54. The molecule has 4 rings (SSSR count). The first-order valence-corrected chi connectivity index (χ1v) is 6.88. The van der Waals surface area contributed by atoms with Gasteiger partial charge < -0.3 is 9.47 Å². The number of imidazole rings is 1. The predicted molar refractivity (Wildman–Crippen MR) is 76.9 cm³/mol. The van der Waals surface area contributed by atoms with Gasteiger partial charge in [0.15, 0.2) is 0 Å². The summed E-state index contributed by atoms with van der Waals surface area (Å²) in [6, 6.07) is 7.94. The first-order valence-electron chi connectivity index (χ1n) is 6.88. The lowest BCUT2D eigenvalue weighted by Crippen LogP contribution is -2.26. The zero-order chi connectivity index (χ0) is 13.5. The Bertz CT molecular complexity index is 789. The van der Waals surface area contributed by atoms with Crippen molar-refractivity contribution in [1.82, 2.24) is 14.5 Å². The van der Waals surface area contributed by atoms with Crippen molar-refractivity contribution in [1.29, 1.82) is 5.26 Å². The van der Waals surface area contributed by atoms with Crippen LogP contribution in [0.3, 0.4) is 0 Å². The van der Waals surface area contributed by atoms with Crippen LogP contribution in [0.5, 0.6) is 0 Å². The van der Waals surface area contributed by atoms with E-state index in [9.17, 15) is 0 Å². The summed E-state index contributed by atoms with van der Waals surface area (Å²) in [7, 11) is 0. The summed E-state index contributed by atoms with van der Waals surface area (Å²) in [6.07, 6.45) is 7.33. The molecule has 0 N–H and O–H groups in total. The van der Waals surface area contributed by atoms with Gasteiger partial charge in [-0.25, -0.2) is 4.98 Å². The number of allylic oxidation sites excluding steroid dienone is 3. The molecule has 20 heavy (non-hydrogen) atoms. The van der Waals surface area contributed by atoms with Gasteiger partial charge in [-0.1, -0.05) is 6.08 Å². The van der Waals surface area contributed by atoms with Gasteiger partial charge in [-0.15, -0.1) is 0 Å². The Morgan fingerprint density at radius 3 is 2.85 bits per heavy atom. The average Bonchev–Trinajstić information content (AvgIpc) is 2.64. The molecule has 0 spiro atoms. The maximum Gasteiger partial charge on any atom is 0.111 e. The molecule has 0 bridgehead atoms. The van der Waals surface area contributed by atoms with E-state index in [4.69, 9.17) is 10.2 Å². The highest BCUT2D eigenvalue weighted by atomic mass is 15.2. The minimum Gasteiger partial charge on any atom is -0.369 e. The number of aromatic nitrogens is 2. The molecule has 0 unspecified atom stereocenters. The molecule has 1 aliphatic heterocycles. The van der Waals surface area contributed by atoms with Crippen LogP contribution in [0.4, 0.5) is 0 Å². The fourth-order valence-electron chi connectivity index (χ4n) is 2.90. The van der Waals surface area contributed by atoms with Gasteiger partial charge >= 0.3 is 0 Å². The normalized spacial score (nSPS) is 17.1. The van der Waals surface area contributed by atoms with E-state index in [1.165, 1.54) is 5.70 Å². The minimum atomic E-state index is 0.700. The Labute approximate surface area is 117 Å². The summed E-state index contributed by atoms with van der Waals surface area (Å²) in [5.41, 5.74) is 4.10. The monoisotopic (exact) mass is 262 g/mol. The van der Waals surface area contributed by atoms with Gasteiger partial charge in [-0.05, 0) is 30.4 Å². The molecule has 0 saturated carbocycles. The van der Waals surface area contributed by atoms with Crippen LogP contribution in [0.15, 0.2) is 42.1 Å². The van der Waals surface area contributed by atoms with Gasteiger partial charge in [0.25, 0.3) is 0 Å². The number of fused-ring (bicyclic) bond motifs is 3. The highest BCUT2D eigenvalue weighted by molar-refractivity contribution is 5.77. The zero-order valence-electron chi connectivity index (χ0n) is 11.1. The van der Waals surface area contributed by atoms with Gasteiger partial charge in [0.2, 0.25) is 0 Å². The summed E-state index contributed by atoms with van der Waals surface area (Å²) in [5.74, 6) is 1.13. The molecule has 1 aromatic carbocycles. The highest BCUT2D eigenvalue weighted by Gasteiger charge is 2.19. The topological polar surface area (TPSA) is 44.9 Å². The van der Waals surface area contributed by atoms with Crippen molar-refractivity contribution in [2.24, 2.45) is 0 Å². The summed E-state index contributed by atoms with van der Waals surface area (Å²) in [5, 5.41) is 9.05. The van der Waals surface area contributed by atoms with E-state index >= 15 is 0 Å². The number of rotatable bonds is 1. The zero-order valence-corrected chi connectivity index (χ0v) is 11.1. The lowest BCUT2D eigenvalue weighted by molar-refractivity contribution is 0.359. The van der Waals surface area contributed by atoms with Gasteiger partial charge in [0.1, 0.15) is 5.82 Å². The van der Waals surface area contributed by atoms with Gasteiger partial charge in [-0.2, -0.15) is 5.26 Å². The van der Waals surface area contributed by atoms with Crippen molar-refractivity contribution < 1.29 is 0 Å². The van der Waals surface area contributed by atoms with E-state index < -0.39 is 0 Å². The third-order valence-corrected chi connectivity index (χ3v) is 4.05. The number of benzene rings is 1. The minimum absolute atomic E-state index is 0.700. The van der Waals surface area contributed by atoms with Crippen LogP contribution in [0.1, 0.15) is 11.4 Å². The van der Waals surface area contributed by atoms with Crippen LogP contribution in [-0.4, -0.2) is 27.5 Å². The average molecular weight is 262 g/mol. The van der Waals surface area contributed by atoms with E-state index in [1.807, 2.05) is 18.2 Å². The third kappa shape index (κ3) is 1.64. The largest absolute Gasteiger partial charge is 0.369 e. The van der Waals surface area contributed by atoms with Crippen LogP contribution < -0.4 is 0 Å². The Morgan fingerprint density at radius 1 is 1.20 bits per heavy atom. The molecule has 1 aromatic heterocycles. The molecule has 4 nitrogen and oxygen atoms in total. The smallest absolute Gasteiger partial charge is 0.111 e. The number of nitriles is 1. The second kappa shape index (κ2) is 4.24. The molecule has 0 fully saturated rings. The molecule has 2 aliphatic rings. The Morgan fingerprint density at radius 2 is 2.10 bits per heavy atom. The van der Waals surface area contributed by atoms with Crippen LogP contribution in [0, 0.1) is 11.3 Å². The van der Waals surface area contributed by atoms with Gasteiger partial charge in [0.05, 0.1) is 22.7 Å². The van der Waals surface area contributed by atoms with Crippen molar-refractivity contribution in [2.45, 2.75) is 13.0 Å². The molecule has 2 aromatic rings. The number of hydrogen-bond donors (Lipinski definition) is 0. The lowest BCUT2D eigenvalue weighted by atomic mass is 10.2. The van der Waals surface area contributed by atoms with E-state index in [-0.39, 0.29) is 0 Å². The fraction of sp³-hybridized carbons (Fsp3) is 0.250. The maximum absolute atomic E-state index is 9.05. The molecule has 0 amide bonds. The summed E-state index contributed by atoms with van der Waals surface area (Å²) < 4.78 is 2.26. The molecular formula is C16H14N4.